The quantitative estimate of drug-likeness (QED) is 0.790. The number of hydrogen-bond donors (Lipinski definition) is 2. The Morgan fingerprint density at radius 1 is 1.69 bits per heavy atom. The van der Waals surface area contributed by atoms with E-state index in [2.05, 4.69) is 10.4 Å². The van der Waals surface area contributed by atoms with E-state index < -0.39 is 5.97 Å². The largest absolute Gasteiger partial charge is 0.481 e. The second-order valence-electron chi connectivity index (χ2n) is 4.26. The molecule has 16 heavy (non-hydrogen) atoms. The predicted octanol–water partition coefficient (Wildman–Crippen LogP) is 0.681. The van der Waals surface area contributed by atoms with Crippen LogP contribution in [-0.2, 0) is 11.3 Å². The Morgan fingerprint density at radius 2 is 2.50 bits per heavy atom. The molecule has 1 saturated heterocycles. The van der Waals surface area contributed by atoms with Gasteiger partial charge in [0.15, 0.2) is 0 Å². The molecular formula is C11H17N3O2. The first-order valence-corrected chi connectivity index (χ1v) is 5.66. The van der Waals surface area contributed by atoms with Gasteiger partial charge in [0.2, 0.25) is 0 Å². The molecule has 0 amide bonds. The van der Waals surface area contributed by atoms with Gasteiger partial charge >= 0.3 is 5.97 Å². The summed E-state index contributed by atoms with van der Waals surface area (Å²) in [6.07, 6.45) is 4.56. The Morgan fingerprint density at radius 3 is 3.12 bits per heavy atom. The lowest BCUT2D eigenvalue weighted by atomic mass is 9.87. The molecule has 1 aromatic heterocycles. The number of aliphatic carboxylic acids is 1. The molecule has 0 spiro atoms. The first-order valence-electron chi connectivity index (χ1n) is 5.66. The fourth-order valence-corrected chi connectivity index (χ4v) is 2.15. The minimum absolute atomic E-state index is 0.273. The van der Waals surface area contributed by atoms with Gasteiger partial charge in [0.05, 0.1) is 12.1 Å². The van der Waals surface area contributed by atoms with Crippen LogP contribution in [0.1, 0.15) is 24.8 Å². The Labute approximate surface area is 94.5 Å². The molecule has 0 radical (unpaired) electrons. The zero-order valence-corrected chi connectivity index (χ0v) is 9.39. The molecule has 1 aliphatic rings. The normalized spacial score (nSPS) is 25.6. The van der Waals surface area contributed by atoms with Crippen molar-refractivity contribution in [3.63, 3.8) is 0 Å². The molecule has 2 rings (SSSR count). The number of hydrogen-bond acceptors (Lipinski definition) is 3. The average Bonchev–Trinajstić information content (AvgIpc) is 2.77. The molecule has 2 heterocycles. The molecule has 2 unspecified atom stereocenters. The van der Waals surface area contributed by atoms with E-state index >= 15 is 0 Å². The highest BCUT2D eigenvalue weighted by Gasteiger charge is 2.28. The molecule has 0 bridgehead atoms. The Balaban J connectivity index is 2.06. The van der Waals surface area contributed by atoms with Crippen LogP contribution in [0.25, 0.3) is 0 Å². The van der Waals surface area contributed by atoms with Crippen molar-refractivity contribution in [2.24, 2.45) is 5.92 Å². The average molecular weight is 223 g/mol. The molecule has 88 valence electrons. The molecule has 2 N–H and O–H groups in total. The van der Waals surface area contributed by atoms with Crippen LogP contribution in [0.2, 0.25) is 0 Å². The van der Waals surface area contributed by atoms with Crippen LogP contribution in [0.15, 0.2) is 12.4 Å². The summed E-state index contributed by atoms with van der Waals surface area (Å²) >= 11 is 0. The smallest absolute Gasteiger partial charge is 0.307 e. The number of piperidine rings is 1. The number of nitrogens with zero attached hydrogens (tertiary/aromatic N) is 2. The highest BCUT2D eigenvalue weighted by atomic mass is 16.4. The van der Waals surface area contributed by atoms with Crippen LogP contribution in [0.3, 0.4) is 0 Å². The first-order chi connectivity index (χ1) is 7.70. The summed E-state index contributed by atoms with van der Waals surface area (Å²) < 4.78 is 1.87. The van der Waals surface area contributed by atoms with Crippen molar-refractivity contribution in [3.8, 4) is 0 Å². The third-order valence-electron chi connectivity index (χ3n) is 3.15. The van der Waals surface area contributed by atoms with Gasteiger partial charge in [0, 0.05) is 31.7 Å². The van der Waals surface area contributed by atoms with Crippen LogP contribution < -0.4 is 5.32 Å². The molecule has 0 saturated carbocycles. The molecule has 1 aliphatic heterocycles. The maximum absolute atomic E-state index is 10.9. The van der Waals surface area contributed by atoms with Gasteiger partial charge in [-0.05, 0) is 18.9 Å². The van der Waals surface area contributed by atoms with E-state index in [-0.39, 0.29) is 11.8 Å². The van der Waals surface area contributed by atoms with E-state index in [1.165, 1.54) is 0 Å². The van der Waals surface area contributed by atoms with E-state index in [9.17, 15) is 4.79 Å². The van der Waals surface area contributed by atoms with Crippen molar-refractivity contribution in [2.45, 2.75) is 25.8 Å². The minimum atomic E-state index is -0.708. The molecule has 0 aromatic carbocycles. The van der Waals surface area contributed by atoms with Gasteiger partial charge in [-0.25, -0.2) is 0 Å². The van der Waals surface area contributed by atoms with Crippen molar-refractivity contribution in [2.75, 3.05) is 13.1 Å². The zero-order chi connectivity index (χ0) is 11.5. The summed E-state index contributed by atoms with van der Waals surface area (Å²) in [4.78, 5) is 10.9. The third-order valence-corrected chi connectivity index (χ3v) is 3.15. The standard InChI is InChI=1S/C11H17N3O2/c1-2-14-7-10(6-13-14)8-3-9(11(15)16)5-12-4-8/h6-9,12H,2-5H2,1H3,(H,15,16). The van der Waals surface area contributed by atoms with Crippen molar-refractivity contribution < 1.29 is 9.90 Å². The Kier molecular flexibility index (Phi) is 3.24. The fourth-order valence-electron chi connectivity index (χ4n) is 2.15. The van der Waals surface area contributed by atoms with E-state index in [1.807, 2.05) is 24.0 Å². The maximum atomic E-state index is 10.9. The molecule has 5 nitrogen and oxygen atoms in total. The number of carbonyl (C=O) groups is 1. The molecule has 0 aliphatic carbocycles. The first kappa shape index (κ1) is 11.1. The second kappa shape index (κ2) is 4.65. The highest BCUT2D eigenvalue weighted by Crippen LogP contribution is 2.26. The number of nitrogens with one attached hydrogen (secondary N) is 1. The SMILES string of the molecule is CCn1cc(C2CNCC(C(=O)O)C2)cn1. The van der Waals surface area contributed by atoms with E-state index in [0.29, 0.717) is 13.0 Å². The van der Waals surface area contributed by atoms with Crippen LogP contribution in [0.4, 0.5) is 0 Å². The lowest BCUT2D eigenvalue weighted by molar-refractivity contribution is -0.142. The summed E-state index contributed by atoms with van der Waals surface area (Å²) in [6.45, 7) is 4.31. The summed E-state index contributed by atoms with van der Waals surface area (Å²) in [5.41, 5.74) is 1.14. The van der Waals surface area contributed by atoms with Crippen molar-refractivity contribution in [1.82, 2.24) is 15.1 Å². The predicted molar refractivity (Wildman–Crippen MR) is 59.3 cm³/mol. The lowest BCUT2D eigenvalue weighted by Crippen LogP contribution is -2.38. The van der Waals surface area contributed by atoms with E-state index in [4.69, 9.17) is 5.11 Å². The highest BCUT2D eigenvalue weighted by molar-refractivity contribution is 5.70. The van der Waals surface area contributed by atoms with E-state index in [1.54, 1.807) is 0 Å². The van der Waals surface area contributed by atoms with Crippen molar-refractivity contribution in [1.29, 1.82) is 0 Å². The van der Waals surface area contributed by atoms with Crippen LogP contribution >= 0.6 is 0 Å². The fraction of sp³-hybridized carbons (Fsp3) is 0.636. The van der Waals surface area contributed by atoms with Gasteiger partial charge in [-0.2, -0.15) is 5.10 Å². The van der Waals surface area contributed by atoms with Gasteiger partial charge in [0.1, 0.15) is 0 Å². The summed E-state index contributed by atoms with van der Waals surface area (Å²) in [6, 6.07) is 0. The molecule has 2 atom stereocenters. The van der Waals surface area contributed by atoms with Crippen LogP contribution in [0, 0.1) is 5.92 Å². The molecule has 1 fully saturated rings. The molecule has 5 heteroatoms. The summed E-state index contributed by atoms with van der Waals surface area (Å²) in [7, 11) is 0. The zero-order valence-electron chi connectivity index (χ0n) is 9.39. The topological polar surface area (TPSA) is 67.2 Å². The number of aryl methyl sites for hydroxylation is 1. The summed E-state index contributed by atoms with van der Waals surface area (Å²) in [5, 5.41) is 16.4. The van der Waals surface area contributed by atoms with Gasteiger partial charge < -0.3 is 10.4 Å². The van der Waals surface area contributed by atoms with Gasteiger partial charge in [-0.1, -0.05) is 0 Å². The van der Waals surface area contributed by atoms with Crippen LogP contribution in [-0.4, -0.2) is 33.9 Å². The lowest BCUT2D eigenvalue weighted by Gasteiger charge is -2.26. The maximum Gasteiger partial charge on any atom is 0.307 e. The number of carboxylic acids is 1. The second-order valence-corrected chi connectivity index (χ2v) is 4.26. The summed E-state index contributed by atoms with van der Waals surface area (Å²) in [5.74, 6) is -0.709. The monoisotopic (exact) mass is 223 g/mol. The van der Waals surface area contributed by atoms with Gasteiger partial charge in [-0.3, -0.25) is 9.48 Å². The van der Waals surface area contributed by atoms with Crippen molar-refractivity contribution >= 4 is 5.97 Å². The Hall–Kier alpha value is -1.36. The van der Waals surface area contributed by atoms with Crippen molar-refractivity contribution in [3.05, 3.63) is 18.0 Å². The van der Waals surface area contributed by atoms with Gasteiger partial charge in [0.25, 0.3) is 0 Å². The number of rotatable bonds is 3. The van der Waals surface area contributed by atoms with E-state index in [0.717, 1.165) is 18.7 Å². The number of aromatic nitrogens is 2. The minimum Gasteiger partial charge on any atom is -0.481 e. The third kappa shape index (κ3) is 2.24. The number of carboxylic acid groups (broad SMARTS) is 1. The Bertz CT molecular complexity index is 375. The molecule has 1 aromatic rings. The van der Waals surface area contributed by atoms with Crippen LogP contribution in [0.5, 0.6) is 0 Å². The van der Waals surface area contributed by atoms with Gasteiger partial charge in [-0.15, -0.1) is 0 Å². The molecular weight excluding hydrogens is 206 g/mol.